The second-order valence-electron chi connectivity index (χ2n) is 11.9. The number of aromatic nitrogens is 2. The lowest BCUT2D eigenvalue weighted by atomic mass is 9.73. The van der Waals surface area contributed by atoms with Gasteiger partial charge in [0.1, 0.15) is 12.4 Å². The summed E-state index contributed by atoms with van der Waals surface area (Å²) >= 11 is 0. The number of carbonyl (C=O) groups excluding carboxylic acids is 1. The summed E-state index contributed by atoms with van der Waals surface area (Å²) in [6.07, 6.45) is 2.36. The summed E-state index contributed by atoms with van der Waals surface area (Å²) < 4.78 is 21.7. The van der Waals surface area contributed by atoms with Crippen LogP contribution in [-0.4, -0.2) is 51.7 Å². The first-order valence-electron chi connectivity index (χ1n) is 13.9. The van der Waals surface area contributed by atoms with Gasteiger partial charge in [0.25, 0.3) is 5.56 Å². The average molecular weight is 533 g/mol. The summed E-state index contributed by atoms with van der Waals surface area (Å²) in [7, 11) is 0. The SMILES string of the molecule is CC[C@@]1(O)C(=O)OCc2c1cc1n(c2=O)Cc2c-1nc1cc(F)c(C)cc1c2[C@@H](C)N1CCC2(CC1)CNC2. The van der Waals surface area contributed by atoms with Gasteiger partial charge in [0.15, 0.2) is 5.60 Å². The predicted molar refractivity (Wildman–Crippen MR) is 144 cm³/mol. The molecule has 2 fully saturated rings. The Morgan fingerprint density at radius 1 is 1.18 bits per heavy atom. The fourth-order valence-electron chi connectivity index (χ4n) is 7.12. The van der Waals surface area contributed by atoms with Crippen molar-refractivity contribution in [1.29, 1.82) is 0 Å². The Morgan fingerprint density at radius 3 is 2.59 bits per heavy atom. The van der Waals surface area contributed by atoms with Crippen LogP contribution in [0.15, 0.2) is 23.0 Å². The highest BCUT2D eigenvalue weighted by atomic mass is 19.1. The van der Waals surface area contributed by atoms with Gasteiger partial charge in [0, 0.05) is 41.7 Å². The molecule has 3 aromatic rings. The molecule has 2 atom stereocenters. The standard InChI is InChI=1S/C30H33FN4O4/c1-4-30(38)21-10-24-26-19(12-35(24)27(36)20(21)13-39-28(30)37)25(18-9-16(2)22(31)11-23(18)33-26)17(3)34-7-5-29(6-8-34)14-32-15-29/h9-11,17,32,38H,4-8,12-15H2,1-3H3/t17-,30+/m1/s1. The number of hydrogen-bond donors (Lipinski definition) is 2. The molecule has 204 valence electrons. The molecule has 2 aromatic heterocycles. The lowest BCUT2D eigenvalue weighted by Gasteiger charge is -2.49. The summed E-state index contributed by atoms with van der Waals surface area (Å²) in [5, 5.41) is 15.5. The van der Waals surface area contributed by atoms with E-state index < -0.39 is 11.6 Å². The highest BCUT2D eigenvalue weighted by Crippen LogP contribution is 2.44. The minimum atomic E-state index is -1.89. The fraction of sp³-hybridized carbons (Fsp3) is 0.500. The fourth-order valence-corrected chi connectivity index (χ4v) is 7.12. The number of piperidine rings is 1. The van der Waals surface area contributed by atoms with Gasteiger partial charge in [-0.25, -0.2) is 14.2 Å². The van der Waals surface area contributed by atoms with Crippen molar-refractivity contribution in [1.82, 2.24) is 19.8 Å². The first-order valence-corrected chi connectivity index (χ1v) is 13.9. The molecule has 7 rings (SSSR count). The van der Waals surface area contributed by atoms with Crippen LogP contribution in [0.3, 0.4) is 0 Å². The summed E-state index contributed by atoms with van der Waals surface area (Å²) in [5.74, 6) is -1.07. The first-order chi connectivity index (χ1) is 18.7. The third kappa shape index (κ3) is 3.42. The van der Waals surface area contributed by atoms with E-state index in [1.54, 1.807) is 24.5 Å². The van der Waals surface area contributed by atoms with E-state index in [4.69, 9.17) is 9.72 Å². The summed E-state index contributed by atoms with van der Waals surface area (Å²) in [6, 6.07) is 5.12. The molecule has 0 saturated carbocycles. The number of ether oxygens (including phenoxy) is 1. The van der Waals surface area contributed by atoms with Gasteiger partial charge in [-0.15, -0.1) is 0 Å². The third-order valence-electron chi connectivity index (χ3n) is 9.84. The maximum Gasteiger partial charge on any atom is 0.343 e. The van der Waals surface area contributed by atoms with E-state index in [1.807, 2.05) is 6.07 Å². The van der Waals surface area contributed by atoms with Gasteiger partial charge in [-0.1, -0.05) is 6.92 Å². The van der Waals surface area contributed by atoms with Crippen molar-refractivity contribution in [3.05, 3.63) is 62.2 Å². The lowest BCUT2D eigenvalue weighted by Crippen LogP contribution is -2.58. The lowest BCUT2D eigenvalue weighted by molar-refractivity contribution is -0.172. The zero-order valence-electron chi connectivity index (χ0n) is 22.6. The van der Waals surface area contributed by atoms with Crippen molar-refractivity contribution in [3.8, 4) is 11.4 Å². The zero-order chi connectivity index (χ0) is 27.3. The number of halogens is 1. The number of hydrogen-bond acceptors (Lipinski definition) is 7. The zero-order valence-corrected chi connectivity index (χ0v) is 22.6. The van der Waals surface area contributed by atoms with E-state index in [-0.39, 0.29) is 36.0 Å². The molecule has 2 N–H and O–H groups in total. The number of nitrogens with zero attached hydrogens (tertiary/aromatic N) is 3. The van der Waals surface area contributed by atoms with Gasteiger partial charge in [0.05, 0.1) is 29.0 Å². The Bertz CT molecular complexity index is 1620. The Balaban J connectivity index is 1.41. The number of likely N-dealkylation sites (tertiary alicyclic amines) is 1. The number of esters is 1. The quantitative estimate of drug-likeness (QED) is 0.391. The molecule has 0 aliphatic carbocycles. The molecule has 0 bridgehead atoms. The molecule has 4 aliphatic heterocycles. The van der Waals surface area contributed by atoms with Gasteiger partial charge in [-0.2, -0.15) is 0 Å². The normalized spacial score (nSPS) is 24.2. The molecular formula is C30H33FN4O4. The van der Waals surface area contributed by atoms with E-state index in [9.17, 15) is 19.1 Å². The van der Waals surface area contributed by atoms with Crippen molar-refractivity contribution < 1.29 is 19.0 Å². The van der Waals surface area contributed by atoms with Crippen LogP contribution in [0.2, 0.25) is 0 Å². The van der Waals surface area contributed by atoms with Crippen molar-refractivity contribution in [3.63, 3.8) is 0 Å². The van der Waals surface area contributed by atoms with Crippen LogP contribution in [0, 0.1) is 18.2 Å². The van der Waals surface area contributed by atoms with Crippen LogP contribution in [0.5, 0.6) is 0 Å². The highest BCUT2D eigenvalue weighted by Gasteiger charge is 2.46. The topological polar surface area (TPSA) is 96.7 Å². The number of benzene rings is 1. The number of carbonyl (C=O) groups is 1. The van der Waals surface area contributed by atoms with Crippen LogP contribution in [0.1, 0.15) is 67.0 Å². The summed E-state index contributed by atoms with van der Waals surface area (Å²) in [6.45, 7) is 9.94. The monoisotopic (exact) mass is 532 g/mol. The average Bonchev–Trinajstić information content (AvgIpc) is 3.28. The van der Waals surface area contributed by atoms with Crippen molar-refractivity contribution >= 4 is 16.9 Å². The minimum absolute atomic E-state index is 0.0385. The van der Waals surface area contributed by atoms with Gasteiger partial charge < -0.3 is 19.7 Å². The Morgan fingerprint density at radius 2 is 1.92 bits per heavy atom. The first kappa shape index (κ1) is 24.9. The smallest absolute Gasteiger partial charge is 0.343 e. The minimum Gasteiger partial charge on any atom is -0.458 e. The van der Waals surface area contributed by atoms with Crippen LogP contribution < -0.4 is 10.9 Å². The van der Waals surface area contributed by atoms with Gasteiger partial charge >= 0.3 is 5.97 Å². The molecule has 4 aliphatic rings. The van der Waals surface area contributed by atoms with E-state index >= 15 is 0 Å². The van der Waals surface area contributed by atoms with Gasteiger partial charge in [0.2, 0.25) is 0 Å². The summed E-state index contributed by atoms with van der Waals surface area (Å²) in [4.78, 5) is 33.7. The van der Waals surface area contributed by atoms with Gasteiger partial charge in [-0.05, 0) is 74.9 Å². The van der Waals surface area contributed by atoms with Crippen LogP contribution in [0.25, 0.3) is 22.3 Å². The highest BCUT2D eigenvalue weighted by molar-refractivity contribution is 5.90. The maximum absolute atomic E-state index is 14.8. The second-order valence-corrected chi connectivity index (χ2v) is 11.9. The van der Waals surface area contributed by atoms with Crippen molar-refractivity contribution in [2.75, 3.05) is 26.2 Å². The van der Waals surface area contributed by atoms with Crippen LogP contribution in [0.4, 0.5) is 4.39 Å². The molecule has 0 amide bonds. The molecule has 6 heterocycles. The Labute approximate surface area is 225 Å². The number of fused-ring (bicyclic) bond motifs is 5. The molecule has 1 aromatic carbocycles. The predicted octanol–water partition coefficient (Wildman–Crippen LogP) is 3.27. The van der Waals surface area contributed by atoms with E-state index in [2.05, 4.69) is 17.1 Å². The molecule has 2 saturated heterocycles. The maximum atomic E-state index is 14.8. The number of aryl methyl sites for hydroxylation is 1. The molecule has 0 radical (unpaired) electrons. The van der Waals surface area contributed by atoms with E-state index in [0.29, 0.717) is 40.0 Å². The third-order valence-corrected chi connectivity index (χ3v) is 9.84. The Hall–Kier alpha value is -3.14. The van der Waals surface area contributed by atoms with E-state index in [1.165, 1.54) is 6.07 Å². The van der Waals surface area contributed by atoms with Crippen LogP contribution in [-0.2, 0) is 28.3 Å². The second kappa shape index (κ2) is 8.43. The largest absolute Gasteiger partial charge is 0.458 e. The number of rotatable bonds is 3. The van der Waals surface area contributed by atoms with Crippen molar-refractivity contribution in [2.45, 2.75) is 64.8 Å². The molecule has 39 heavy (non-hydrogen) atoms. The number of aliphatic hydroxyl groups is 1. The number of nitrogens with one attached hydrogen (secondary N) is 1. The molecular weight excluding hydrogens is 499 g/mol. The van der Waals surface area contributed by atoms with Gasteiger partial charge in [-0.3, -0.25) is 9.69 Å². The van der Waals surface area contributed by atoms with E-state index in [0.717, 1.165) is 55.5 Å². The Kier molecular flexibility index (Phi) is 5.37. The van der Waals surface area contributed by atoms with Crippen LogP contribution >= 0.6 is 0 Å². The molecule has 8 nitrogen and oxygen atoms in total. The summed E-state index contributed by atoms with van der Waals surface area (Å²) in [5.41, 5.74) is 3.09. The molecule has 9 heteroatoms. The number of pyridine rings is 2. The molecule has 1 spiro atoms. The molecule has 0 unspecified atom stereocenters. The number of cyclic esters (lactones) is 1. The van der Waals surface area contributed by atoms with Crippen molar-refractivity contribution in [2.24, 2.45) is 5.41 Å².